The lowest BCUT2D eigenvalue weighted by Crippen LogP contribution is -2.34. The number of aromatic nitrogens is 1. The molecule has 244 valence electrons. The number of nitrogens with one attached hydrogen (secondary N) is 1. The van der Waals surface area contributed by atoms with Crippen molar-refractivity contribution in [3.05, 3.63) is 96.1 Å². The van der Waals surface area contributed by atoms with Gasteiger partial charge in [0.25, 0.3) is 0 Å². The first-order valence-corrected chi connectivity index (χ1v) is 16.7. The van der Waals surface area contributed by atoms with Crippen LogP contribution in [0.4, 0.5) is 0 Å². The smallest absolute Gasteiger partial charge is 0.0497 e. The first-order chi connectivity index (χ1) is 22.6. The van der Waals surface area contributed by atoms with E-state index in [-0.39, 0.29) is 0 Å². The van der Waals surface area contributed by atoms with Crippen LogP contribution in [0, 0.1) is 0 Å². The van der Waals surface area contributed by atoms with Crippen molar-refractivity contribution in [1.29, 1.82) is 0 Å². The quantitative estimate of drug-likeness (QED) is 0.0995. The van der Waals surface area contributed by atoms with Gasteiger partial charge in [0.1, 0.15) is 0 Å². The van der Waals surface area contributed by atoms with Crippen LogP contribution in [0.3, 0.4) is 0 Å². The fourth-order valence-electron chi connectivity index (χ4n) is 6.52. The predicted octanol–water partition coefficient (Wildman–Crippen LogP) is 4.18. The summed E-state index contributed by atoms with van der Waals surface area (Å²) in [7, 11) is 1.99. The number of nitrogens with two attached hydrogens (primary N) is 4. The van der Waals surface area contributed by atoms with E-state index < -0.39 is 0 Å². The summed E-state index contributed by atoms with van der Waals surface area (Å²) in [6.45, 7) is 9.62. The molecule has 4 aromatic carbocycles. The van der Waals surface area contributed by atoms with Gasteiger partial charge < -0.3 is 32.8 Å². The van der Waals surface area contributed by atoms with Crippen molar-refractivity contribution in [1.82, 2.24) is 19.7 Å². The van der Waals surface area contributed by atoms with E-state index in [9.17, 15) is 0 Å². The molecule has 5 rings (SSSR count). The second-order valence-corrected chi connectivity index (χ2v) is 12.2. The fraction of sp³-hybridized carbons (Fsp3) is 0.368. The second kappa shape index (κ2) is 16.8. The molecule has 0 aliphatic rings. The van der Waals surface area contributed by atoms with Crippen molar-refractivity contribution < 1.29 is 0 Å². The first kappa shape index (κ1) is 33.8. The zero-order chi connectivity index (χ0) is 32.3. The Morgan fingerprint density at radius 1 is 0.565 bits per heavy atom. The number of fused-ring (bicyclic) bond motifs is 3. The summed E-state index contributed by atoms with van der Waals surface area (Å²) in [4.78, 5) is 4.73. The number of benzene rings is 4. The molecular formula is C38H52N8. The third kappa shape index (κ3) is 8.21. The molecule has 9 N–H and O–H groups in total. The van der Waals surface area contributed by atoms with Gasteiger partial charge in [-0.1, -0.05) is 60.7 Å². The topological polar surface area (TPSA) is 128 Å². The van der Waals surface area contributed by atoms with Crippen LogP contribution in [0.1, 0.15) is 17.5 Å². The molecule has 0 atom stereocenters. The van der Waals surface area contributed by atoms with Gasteiger partial charge in [-0.15, -0.1) is 0 Å². The Morgan fingerprint density at radius 2 is 1.04 bits per heavy atom. The standard InChI is InChI=1S/C38H52N8/c1-43-17-22-45(21-16-42)28-30-6-3-8-32(24-30)34-10-12-36-35-11-9-33(25-37(35)46(18-4-13-39)38(36)26-34)31-7-2-5-29(23-31)27-44(19-14-40)20-15-41/h2-3,5-12,23-26,43H,4,13-22,27-28,39-42H2,1H3. The molecule has 5 aromatic rings. The number of nitrogens with zero attached hydrogens (tertiary/aromatic N) is 3. The van der Waals surface area contributed by atoms with E-state index in [1.807, 2.05) is 7.05 Å². The molecule has 8 nitrogen and oxygen atoms in total. The minimum absolute atomic E-state index is 0.626. The maximum absolute atomic E-state index is 6.03. The molecule has 0 aliphatic heterocycles. The van der Waals surface area contributed by atoms with Crippen molar-refractivity contribution in [2.75, 3.05) is 66.0 Å². The van der Waals surface area contributed by atoms with Crippen LogP contribution >= 0.6 is 0 Å². The van der Waals surface area contributed by atoms with E-state index in [2.05, 4.69) is 105 Å². The second-order valence-electron chi connectivity index (χ2n) is 12.2. The molecule has 0 aliphatic carbocycles. The lowest BCUT2D eigenvalue weighted by Gasteiger charge is -2.21. The maximum Gasteiger partial charge on any atom is 0.0497 e. The third-order valence-corrected chi connectivity index (χ3v) is 8.80. The molecule has 0 fully saturated rings. The molecule has 0 spiro atoms. The van der Waals surface area contributed by atoms with Crippen molar-refractivity contribution in [3.8, 4) is 22.3 Å². The fourth-order valence-corrected chi connectivity index (χ4v) is 6.52. The highest BCUT2D eigenvalue weighted by Crippen LogP contribution is 2.35. The Balaban J connectivity index is 1.50. The highest BCUT2D eigenvalue weighted by molar-refractivity contribution is 6.10. The Labute approximate surface area is 274 Å². The highest BCUT2D eigenvalue weighted by Gasteiger charge is 2.14. The van der Waals surface area contributed by atoms with E-state index >= 15 is 0 Å². The van der Waals surface area contributed by atoms with E-state index in [4.69, 9.17) is 22.9 Å². The van der Waals surface area contributed by atoms with Crippen LogP contribution in [0.2, 0.25) is 0 Å². The van der Waals surface area contributed by atoms with Crippen LogP contribution in [-0.4, -0.2) is 80.3 Å². The Morgan fingerprint density at radius 3 is 1.50 bits per heavy atom. The van der Waals surface area contributed by atoms with Gasteiger partial charge in [-0.05, 0) is 77.7 Å². The monoisotopic (exact) mass is 620 g/mol. The van der Waals surface area contributed by atoms with Gasteiger partial charge in [0.15, 0.2) is 0 Å². The normalized spacial score (nSPS) is 11.9. The largest absolute Gasteiger partial charge is 0.340 e. The van der Waals surface area contributed by atoms with E-state index in [0.29, 0.717) is 26.2 Å². The molecule has 1 aromatic heterocycles. The van der Waals surface area contributed by atoms with Crippen molar-refractivity contribution in [2.24, 2.45) is 22.9 Å². The van der Waals surface area contributed by atoms with Crippen LogP contribution in [0.5, 0.6) is 0 Å². The minimum atomic E-state index is 0.626. The zero-order valence-electron chi connectivity index (χ0n) is 27.4. The Kier molecular flexibility index (Phi) is 12.3. The van der Waals surface area contributed by atoms with Gasteiger partial charge in [0, 0.05) is 93.8 Å². The Hall–Kier alpha value is -3.60. The summed E-state index contributed by atoms with van der Waals surface area (Å²) in [6, 6.07) is 31.6. The molecular weight excluding hydrogens is 568 g/mol. The van der Waals surface area contributed by atoms with E-state index in [1.54, 1.807) is 0 Å². The van der Waals surface area contributed by atoms with E-state index in [0.717, 1.165) is 58.8 Å². The number of rotatable bonds is 18. The maximum atomic E-state index is 6.03. The molecule has 8 heteroatoms. The summed E-state index contributed by atoms with van der Waals surface area (Å²) in [5.41, 5.74) is 33.6. The molecule has 46 heavy (non-hydrogen) atoms. The van der Waals surface area contributed by atoms with Gasteiger partial charge in [0.05, 0.1) is 0 Å². The lowest BCUT2D eigenvalue weighted by molar-refractivity contribution is 0.275. The van der Waals surface area contributed by atoms with Gasteiger partial charge in [-0.3, -0.25) is 9.80 Å². The molecule has 0 unspecified atom stereocenters. The highest BCUT2D eigenvalue weighted by atomic mass is 15.1. The molecule has 1 heterocycles. The van der Waals surface area contributed by atoms with Gasteiger partial charge in [0.2, 0.25) is 0 Å². The molecule has 0 bridgehead atoms. The summed E-state index contributed by atoms with van der Waals surface area (Å²) in [5.74, 6) is 0. The summed E-state index contributed by atoms with van der Waals surface area (Å²) in [5, 5.41) is 5.80. The minimum Gasteiger partial charge on any atom is -0.340 e. The lowest BCUT2D eigenvalue weighted by atomic mass is 9.99. The van der Waals surface area contributed by atoms with Crippen molar-refractivity contribution in [2.45, 2.75) is 26.1 Å². The third-order valence-electron chi connectivity index (χ3n) is 8.80. The summed E-state index contributed by atoms with van der Waals surface area (Å²) >= 11 is 0. The van der Waals surface area contributed by atoms with Crippen LogP contribution in [0.25, 0.3) is 44.1 Å². The molecule has 0 amide bonds. The van der Waals surface area contributed by atoms with E-state index in [1.165, 1.54) is 55.2 Å². The SMILES string of the molecule is CNCCN(CCN)Cc1cccc(-c2ccc3c4ccc(-c5cccc(CN(CCN)CCN)c5)cc4n(CCCN)c3c2)c1. The molecule has 0 radical (unpaired) electrons. The average molecular weight is 621 g/mol. The summed E-state index contributed by atoms with van der Waals surface area (Å²) < 4.78 is 2.46. The molecule has 0 saturated carbocycles. The predicted molar refractivity (Wildman–Crippen MR) is 196 cm³/mol. The summed E-state index contributed by atoms with van der Waals surface area (Å²) in [6.07, 6.45) is 0.917. The van der Waals surface area contributed by atoms with Gasteiger partial charge in [-0.25, -0.2) is 0 Å². The number of hydrogen-bond donors (Lipinski definition) is 5. The van der Waals surface area contributed by atoms with Crippen molar-refractivity contribution >= 4 is 21.8 Å². The van der Waals surface area contributed by atoms with Gasteiger partial charge >= 0.3 is 0 Å². The van der Waals surface area contributed by atoms with Gasteiger partial charge in [-0.2, -0.15) is 0 Å². The molecule has 0 saturated heterocycles. The average Bonchev–Trinajstić information content (AvgIpc) is 3.38. The number of hydrogen-bond acceptors (Lipinski definition) is 7. The van der Waals surface area contributed by atoms with Crippen molar-refractivity contribution in [3.63, 3.8) is 0 Å². The zero-order valence-corrected chi connectivity index (χ0v) is 27.4. The number of aryl methyl sites for hydroxylation is 1. The van der Waals surface area contributed by atoms with Crippen LogP contribution in [-0.2, 0) is 19.6 Å². The van der Waals surface area contributed by atoms with Crippen LogP contribution < -0.4 is 28.3 Å². The Bertz CT molecular complexity index is 1690. The first-order valence-electron chi connectivity index (χ1n) is 16.7. The van der Waals surface area contributed by atoms with Crippen LogP contribution in [0.15, 0.2) is 84.9 Å². The number of likely N-dealkylation sites (N-methyl/N-ethyl adjacent to an activating group) is 1.